The summed E-state index contributed by atoms with van der Waals surface area (Å²) in [4.78, 5) is 0. The molecule has 0 saturated heterocycles. The number of hydrogen-bond donors (Lipinski definition) is 0. The van der Waals surface area contributed by atoms with Crippen molar-refractivity contribution in [3.63, 3.8) is 0 Å². The van der Waals surface area contributed by atoms with Gasteiger partial charge in [0.25, 0.3) is 0 Å². The average molecular weight is 166 g/mol. The molecule has 68 valence electrons. The molecular weight excluding hydrogens is 148 g/mol. The Hall–Kier alpha value is -0.790. The molecule has 0 amide bonds. The Bertz CT molecular complexity index is 290. The van der Waals surface area contributed by atoms with Crippen molar-refractivity contribution in [2.75, 3.05) is 0 Å². The number of aryl methyl sites for hydroxylation is 1. The molecule has 0 aliphatic heterocycles. The molecule has 0 unspecified atom stereocenters. The zero-order valence-electron chi connectivity index (χ0n) is 8.89. The van der Waals surface area contributed by atoms with Crippen molar-refractivity contribution in [1.82, 2.24) is 9.78 Å². The minimum Gasteiger partial charge on any atom is -0.264 e. The van der Waals surface area contributed by atoms with Crippen LogP contribution in [0.15, 0.2) is 0 Å². The Morgan fingerprint density at radius 2 is 1.58 bits per heavy atom. The summed E-state index contributed by atoms with van der Waals surface area (Å²) in [5.74, 6) is 0. The zero-order chi connectivity index (χ0) is 9.52. The van der Waals surface area contributed by atoms with Crippen LogP contribution in [0.4, 0.5) is 0 Å². The molecule has 0 bridgehead atoms. The summed E-state index contributed by atoms with van der Waals surface area (Å²) in [6.07, 6.45) is 0. The third-order valence-corrected chi connectivity index (χ3v) is 2.29. The van der Waals surface area contributed by atoms with Crippen LogP contribution in [0.5, 0.6) is 0 Å². The lowest BCUT2D eigenvalue weighted by Crippen LogP contribution is -2.24. The molecule has 2 heteroatoms. The Morgan fingerprint density at radius 3 is 1.75 bits per heavy atom. The lowest BCUT2D eigenvalue weighted by molar-refractivity contribution is 0.346. The van der Waals surface area contributed by atoms with Crippen LogP contribution in [-0.2, 0) is 5.54 Å². The van der Waals surface area contributed by atoms with Crippen molar-refractivity contribution in [2.24, 2.45) is 0 Å². The fourth-order valence-electron chi connectivity index (χ4n) is 1.37. The Morgan fingerprint density at radius 1 is 1.08 bits per heavy atom. The SMILES string of the molecule is Cc1nn(C(C)(C)C)c(C)c1C. The average Bonchev–Trinajstić information content (AvgIpc) is 2.15. The molecule has 0 N–H and O–H groups in total. The standard InChI is InChI=1S/C10H18N2/c1-7-8(2)11-12(9(7)3)10(4,5)6/h1-6H3. The van der Waals surface area contributed by atoms with Crippen LogP contribution in [0.1, 0.15) is 37.7 Å². The second-order valence-corrected chi connectivity index (χ2v) is 4.38. The van der Waals surface area contributed by atoms with E-state index in [0.29, 0.717) is 0 Å². The highest BCUT2D eigenvalue weighted by Crippen LogP contribution is 2.19. The first-order chi connectivity index (χ1) is 5.34. The van der Waals surface area contributed by atoms with E-state index in [1.165, 1.54) is 11.3 Å². The van der Waals surface area contributed by atoms with E-state index in [0.717, 1.165) is 5.69 Å². The minimum atomic E-state index is 0.100. The highest BCUT2D eigenvalue weighted by Gasteiger charge is 2.18. The molecule has 0 fully saturated rings. The molecule has 0 saturated carbocycles. The minimum absolute atomic E-state index is 0.100. The molecule has 0 atom stereocenters. The van der Waals surface area contributed by atoms with Gasteiger partial charge < -0.3 is 0 Å². The van der Waals surface area contributed by atoms with Crippen molar-refractivity contribution in [2.45, 2.75) is 47.1 Å². The van der Waals surface area contributed by atoms with Crippen LogP contribution < -0.4 is 0 Å². The lowest BCUT2D eigenvalue weighted by Gasteiger charge is -2.21. The maximum atomic E-state index is 4.50. The first-order valence-corrected chi connectivity index (χ1v) is 4.37. The van der Waals surface area contributed by atoms with E-state index >= 15 is 0 Å². The zero-order valence-corrected chi connectivity index (χ0v) is 8.89. The summed E-state index contributed by atoms with van der Waals surface area (Å²) >= 11 is 0. The molecular formula is C10H18N2. The van der Waals surface area contributed by atoms with Gasteiger partial charge in [0.2, 0.25) is 0 Å². The van der Waals surface area contributed by atoms with E-state index in [4.69, 9.17) is 0 Å². The van der Waals surface area contributed by atoms with Gasteiger partial charge in [-0.2, -0.15) is 5.10 Å². The molecule has 12 heavy (non-hydrogen) atoms. The predicted molar refractivity (Wildman–Crippen MR) is 51.4 cm³/mol. The van der Waals surface area contributed by atoms with Crippen LogP contribution in [0.3, 0.4) is 0 Å². The van der Waals surface area contributed by atoms with E-state index < -0.39 is 0 Å². The van der Waals surface area contributed by atoms with Crippen LogP contribution in [0.2, 0.25) is 0 Å². The van der Waals surface area contributed by atoms with Gasteiger partial charge in [0.1, 0.15) is 0 Å². The van der Waals surface area contributed by atoms with E-state index in [9.17, 15) is 0 Å². The van der Waals surface area contributed by atoms with Gasteiger partial charge in [0.05, 0.1) is 11.2 Å². The van der Waals surface area contributed by atoms with Crippen molar-refractivity contribution in [3.8, 4) is 0 Å². The van der Waals surface area contributed by atoms with Gasteiger partial charge in [-0.05, 0) is 47.1 Å². The van der Waals surface area contributed by atoms with Gasteiger partial charge >= 0.3 is 0 Å². The molecule has 1 aromatic heterocycles. The summed E-state index contributed by atoms with van der Waals surface area (Å²) in [6.45, 7) is 12.8. The van der Waals surface area contributed by atoms with Gasteiger partial charge in [0.15, 0.2) is 0 Å². The van der Waals surface area contributed by atoms with Crippen LogP contribution >= 0.6 is 0 Å². The summed E-state index contributed by atoms with van der Waals surface area (Å²) in [7, 11) is 0. The molecule has 0 radical (unpaired) electrons. The molecule has 0 spiro atoms. The fourth-order valence-corrected chi connectivity index (χ4v) is 1.37. The molecule has 2 nitrogen and oxygen atoms in total. The molecule has 1 aromatic rings. The summed E-state index contributed by atoms with van der Waals surface area (Å²) in [6, 6.07) is 0. The van der Waals surface area contributed by atoms with Gasteiger partial charge in [-0.1, -0.05) is 0 Å². The third kappa shape index (κ3) is 1.38. The summed E-state index contributed by atoms with van der Waals surface area (Å²) in [5.41, 5.74) is 3.83. The Labute approximate surface area is 74.6 Å². The topological polar surface area (TPSA) is 17.8 Å². The van der Waals surface area contributed by atoms with Crippen molar-refractivity contribution < 1.29 is 0 Å². The van der Waals surface area contributed by atoms with Crippen molar-refractivity contribution in [1.29, 1.82) is 0 Å². The monoisotopic (exact) mass is 166 g/mol. The predicted octanol–water partition coefficient (Wildman–Crippen LogP) is 2.56. The van der Waals surface area contributed by atoms with Gasteiger partial charge in [0, 0.05) is 5.69 Å². The maximum absolute atomic E-state index is 4.50. The third-order valence-electron chi connectivity index (χ3n) is 2.29. The Kier molecular flexibility index (Phi) is 2.02. The van der Waals surface area contributed by atoms with Gasteiger partial charge in [-0.3, -0.25) is 4.68 Å². The number of hydrogen-bond acceptors (Lipinski definition) is 1. The van der Waals surface area contributed by atoms with Crippen LogP contribution in [0.25, 0.3) is 0 Å². The van der Waals surface area contributed by atoms with Crippen molar-refractivity contribution in [3.05, 3.63) is 17.0 Å². The highest BCUT2D eigenvalue weighted by atomic mass is 15.3. The largest absolute Gasteiger partial charge is 0.264 e. The molecule has 0 aliphatic rings. The van der Waals surface area contributed by atoms with E-state index in [-0.39, 0.29) is 5.54 Å². The Balaban J connectivity index is 3.28. The normalized spacial score (nSPS) is 12.2. The maximum Gasteiger partial charge on any atom is 0.0625 e. The number of nitrogens with zero attached hydrogens (tertiary/aromatic N) is 2. The fraction of sp³-hybridized carbons (Fsp3) is 0.700. The van der Waals surface area contributed by atoms with Crippen molar-refractivity contribution >= 4 is 0 Å². The summed E-state index contributed by atoms with van der Waals surface area (Å²) < 4.78 is 2.09. The number of aromatic nitrogens is 2. The molecule has 1 rings (SSSR count). The van der Waals surface area contributed by atoms with Gasteiger partial charge in [-0.25, -0.2) is 0 Å². The smallest absolute Gasteiger partial charge is 0.0625 e. The second kappa shape index (κ2) is 2.61. The van der Waals surface area contributed by atoms with Crippen LogP contribution in [0, 0.1) is 20.8 Å². The van der Waals surface area contributed by atoms with Gasteiger partial charge in [-0.15, -0.1) is 0 Å². The quantitative estimate of drug-likeness (QED) is 0.579. The molecule has 0 aromatic carbocycles. The molecule has 1 heterocycles. The first-order valence-electron chi connectivity index (χ1n) is 4.37. The summed E-state index contributed by atoms with van der Waals surface area (Å²) in [5, 5.41) is 4.50. The second-order valence-electron chi connectivity index (χ2n) is 4.38. The first kappa shape index (κ1) is 9.30. The number of rotatable bonds is 0. The molecule has 0 aliphatic carbocycles. The van der Waals surface area contributed by atoms with E-state index in [1.54, 1.807) is 0 Å². The van der Waals surface area contributed by atoms with E-state index in [2.05, 4.69) is 51.3 Å². The van der Waals surface area contributed by atoms with E-state index in [1.807, 2.05) is 0 Å². The van der Waals surface area contributed by atoms with Crippen LogP contribution in [-0.4, -0.2) is 9.78 Å². The lowest BCUT2D eigenvalue weighted by atomic mass is 10.1. The highest BCUT2D eigenvalue weighted by molar-refractivity contribution is 5.23.